The van der Waals surface area contributed by atoms with Crippen LogP contribution >= 0.6 is 0 Å². The lowest BCUT2D eigenvalue weighted by Gasteiger charge is -2.50. The van der Waals surface area contributed by atoms with E-state index >= 15 is 0 Å². The molecular formula is C27H42O3Si. The zero-order chi connectivity index (χ0) is 23.2. The molecule has 0 aliphatic heterocycles. The zero-order valence-corrected chi connectivity index (χ0v) is 21.6. The van der Waals surface area contributed by atoms with E-state index < -0.39 is 0 Å². The summed E-state index contributed by atoms with van der Waals surface area (Å²) in [5.74, 6) is 0.887. The SMILES string of the molecule is C=[SiH]OC(C)C/C=C/C=C/C(C)C(C)OC1CCC2=CC(=O)C(C(=C)C)CC2(C)C1C. The van der Waals surface area contributed by atoms with Gasteiger partial charge in [0.15, 0.2) is 5.78 Å². The molecule has 0 aromatic carbocycles. The first-order valence-electron chi connectivity index (χ1n) is 11.8. The number of ketones is 1. The number of hydrogen-bond donors (Lipinski definition) is 0. The molecule has 2 aliphatic rings. The maximum absolute atomic E-state index is 12.5. The molecule has 0 amide bonds. The molecule has 3 nitrogen and oxygen atoms in total. The van der Waals surface area contributed by atoms with Gasteiger partial charge in [-0.1, -0.05) is 69.0 Å². The van der Waals surface area contributed by atoms with Crippen LogP contribution in [0.3, 0.4) is 0 Å². The Morgan fingerprint density at radius 1 is 1.35 bits per heavy atom. The topological polar surface area (TPSA) is 35.5 Å². The van der Waals surface area contributed by atoms with Crippen LogP contribution in [0.1, 0.15) is 67.2 Å². The maximum atomic E-state index is 12.5. The molecule has 7 unspecified atom stereocenters. The van der Waals surface area contributed by atoms with Crippen molar-refractivity contribution in [1.82, 2.24) is 0 Å². The molecule has 4 heteroatoms. The minimum atomic E-state index is -0.143. The van der Waals surface area contributed by atoms with Crippen molar-refractivity contribution in [2.75, 3.05) is 0 Å². The van der Waals surface area contributed by atoms with E-state index in [1.54, 1.807) is 0 Å². The predicted molar refractivity (Wildman–Crippen MR) is 134 cm³/mol. The van der Waals surface area contributed by atoms with Crippen LogP contribution in [0, 0.1) is 23.2 Å². The molecule has 0 saturated heterocycles. The lowest BCUT2D eigenvalue weighted by atomic mass is 9.57. The van der Waals surface area contributed by atoms with Crippen molar-refractivity contribution in [3.8, 4) is 0 Å². The van der Waals surface area contributed by atoms with Crippen LogP contribution in [0.2, 0.25) is 0 Å². The number of ether oxygens (including phenoxy) is 1. The summed E-state index contributed by atoms with van der Waals surface area (Å²) in [5.41, 5.74) is 2.30. The molecule has 1 fully saturated rings. The summed E-state index contributed by atoms with van der Waals surface area (Å²) in [6, 6.07) is 0. The van der Waals surface area contributed by atoms with E-state index in [1.165, 1.54) is 5.57 Å². The van der Waals surface area contributed by atoms with Crippen molar-refractivity contribution in [1.29, 1.82) is 0 Å². The minimum Gasteiger partial charge on any atom is -0.551 e. The van der Waals surface area contributed by atoms with E-state index in [9.17, 15) is 4.79 Å². The molecule has 0 spiro atoms. The summed E-state index contributed by atoms with van der Waals surface area (Å²) in [6.45, 7) is 17.1. The molecule has 0 N–H and O–H groups in total. The van der Waals surface area contributed by atoms with E-state index in [4.69, 9.17) is 9.16 Å². The minimum absolute atomic E-state index is 0.0104. The van der Waals surface area contributed by atoms with Gasteiger partial charge in [0.05, 0.1) is 18.3 Å². The van der Waals surface area contributed by atoms with Crippen LogP contribution in [0.5, 0.6) is 0 Å². The first-order valence-corrected chi connectivity index (χ1v) is 13.0. The normalized spacial score (nSPS) is 31.7. The highest BCUT2D eigenvalue weighted by Crippen LogP contribution is 2.53. The molecule has 172 valence electrons. The predicted octanol–water partition coefficient (Wildman–Crippen LogP) is 5.62. The first-order chi connectivity index (χ1) is 14.6. The summed E-state index contributed by atoms with van der Waals surface area (Å²) in [4.78, 5) is 12.5. The molecule has 0 heterocycles. The number of fused-ring (bicyclic) bond motifs is 1. The molecule has 0 bridgehead atoms. The third-order valence-electron chi connectivity index (χ3n) is 7.47. The number of rotatable bonds is 10. The third-order valence-corrected chi connectivity index (χ3v) is 8.12. The van der Waals surface area contributed by atoms with Crippen molar-refractivity contribution < 1.29 is 14.0 Å². The van der Waals surface area contributed by atoms with Gasteiger partial charge in [0.1, 0.15) is 0 Å². The van der Waals surface area contributed by atoms with E-state index in [2.05, 4.69) is 71.7 Å². The average Bonchev–Trinajstić information content (AvgIpc) is 2.71. The first kappa shape index (κ1) is 25.7. The smallest absolute Gasteiger partial charge is 0.208 e. The molecule has 0 radical (unpaired) electrons. The van der Waals surface area contributed by atoms with Crippen LogP contribution in [-0.2, 0) is 14.0 Å². The fourth-order valence-corrected chi connectivity index (χ4v) is 5.29. The molecule has 0 aromatic rings. The molecule has 7 atom stereocenters. The lowest BCUT2D eigenvalue weighted by molar-refractivity contribution is -0.122. The second-order valence-corrected chi connectivity index (χ2v) is 10.4. The zero-order valence-electron chi connectivity index (χ0n) is 20.4. The quantitative estimate of drug-likeness (QED) is 0.250. The van der Waals surface area contributed by atoms with Gasteiger partial charge in [-0.3, -0.25) is 4.79 Å². The number of hydrogen-bond acceptors (Lipinski definition) is 3. The molecule has 31 heavy (non-hydrogen) atoms. The average molecular weight is 443 g/mol. The fourth-order valence-electron chi connectivity index (χ4n) is 4.85. The second-order valence-electron chi connectivity index (χ2n) is 9.82. The third kappa shape index (κ3) is 6.49. The van der Waals surface area contributed by atoms with Gasteiger partial charge in [-0.2, -0.15) is 0 Å². The van der Waals surface area contributed by atoms with Gasteiger partial charge in [0, 0.05) is 18.3 Å². The van der Waals surface area contributed by atoms with Crippen LogP contribution in [-0.4, -0.2) is 39.6 Å². The Hall–Kier alpha value is -1.52. The van der Waals surface area contributed by atoms with Crippen molar-refractivity contribution in [3.63, 3.8) is 0 Å². The monoisotopic (exact) mass is 442 g/mol. The van der Waals surface area contributed by atoms with Gasteiger partial charge in [-0.25, -0.2) is 0 Å². The Labute approximate surface area is 192 Å². The molecule has 0 aromatic heterocycles. The van der Waals surface area contributed by atoms with Crippen LogP contribution < -0.4 is 0 Å². The Morgan fingerprint density at radius 3 is 2.71 bits per heavy atom. The van der Waals surface area contributed by atoms with Crippen molar-refractivity contribution in [3.05, 3.63) is 48.1 Å². The van der Waals surface area contributed by atoms with E-state index in [1.807, 2.05) is 13.0 Å². The van der Waals surface area contributed by atoms with Gasteiger partial charge in [0.2, 0.25) is 9.38 Å². The van der Waals surface area contributed by atoms with Gasteiger partial charge in [0.25, 0.3) is 0 Å². The van der Waals surface area contributed by atoms with E-state index in [-0.39, 0.29) is 44.8 Å². The number of allylic oxidation sites excluding steroid dienone is 5. The van der Waals surface area contributed by atoms with Crippen molar-refractivity contribution >= 4 is 21.3 Å². The molecule has 2 aliphatic carbocycles. The summed E-state index contributed by atoms with van der Waals surface area (Å²) in [6.07, 6.45) is 18.6. The number of carbonyl (C=O) groups excluding carboxylic acids is 1. The highest BCUT2D eigenvalue weighted by molar-refractivity contribution is 6.33. The van der Waals surface area contributed by atoms with Gasteiger partial charge in [-0.15, -0.1) is 0 Å². The summed E-state index contributed by atoms with van der Waals surface area (Å²) < 4.78 is 12.1. The standard InChI is InChI=1S/C27H42O3Si/c1-18(2)24-17-27(7)21(5)26(15-14-23(27)16-25(24)28)29-22(6)19(3)12-10-9-11-13-20(4)30-31-8/h9-12,16,19-22,24,26,31H,1,8,13-15,17H2,2-7H3/b11-9+,12-10+. The highest BCUT2D eigenvalue weighted by atomic mass is 28.2. The molecule has 1 saturated carbocycles. The molecular weight excluding hydrogens is 400 g/mol. The summed E-state index contributed by atoms with van der Waals surface area (Å²) >= 11 is 0. The Morgan fingerprint density at radius 2 is 2.06 bits per heavy atom. The highest BCUT2D eigenvalue weighted by Gasteiger charge is 2.48. The van der Waals surface area contributed by atoms with Crippen molar-refractivity contribution in [2.24, 2.45) is 23.2 Å². The lowest BCUT2D eigenvalue weighted by Crippen LogP contribution is -2.47. The largest absolute Gasteiger partial charge is 0.551 e. The fraction of sp³-hybridized carbons (Fsp3) is 0.630. The van der Waals surface area contributed by atoms with E-state index in [0.29, 0.717) is 11.8 Å². The van der Waals surface area contributed by atoms with E-state index in [0.717, 1.165) is 31.3 Å². The van der Waals surface area contributed by atoms with Gasteiger partial charge < -0.3 is 9.16 Å². The Bertz CT molecular complexity index is 750. The molecule has 2 rings (SSSR count). The number of carbonyl (C=O) groups is 1. The van der Waals surface area contributed by atoms with Crippen LogP contribution in [0.4, 0.5) is 0 Å². The maximum Gasteiger partial charge on any atom is 0.208 e. The summed E-state index contributed by atoms with van der Waals surface area (Å²) in [7, 11) is -0.143. The Kier molecular flexibility index (Phi) is 9.44. The summed E-state index contributed by atoms with van der Waals surface area (Å²) in [5, 5.41) is 0. The Balaban J connectivity index is 1.96. The van der Waals surface area contributed by atoms with Crippen molar-refractivity contribution in [2.45, 2.75) is 85.5 Å². The second kappa shape index (κ2) is 11.4. The van der Waals surface area contributed by atoms with Crippen LogP contribution in [0.25, 0.3) is 0 Å². The van der Waals surface area contributed by atoms with Gasteiger partial charge >= 0.3 is 0 Å². The van der Waals surface area contributed by atoms with Gasteiger partial charge in [-0.05, 0) is 57.4 Å². The van der Waals surface area contributed by atoms with Crippen LogP contribution in [0.15, 0.2) is 48.1 Å².